The van der Waals surface area contributed by atoms with E-state index >= 15 is 0 Å². The number of likely N-dealkylation sites (tertiary alicyclic amines) is 2. The Morgan fingerprint density at radius 1 is 0.815 bits per heavy atom. The van der Waals surface area contributed by atoms with Crippen LogP contribution in [0.5, 0.6) is 0 Å². The maximum absolute atomic E-state index is 14.0. The Kier molecular flexibility index (Phi) is 16.3. The molecule has 2 saturated heterocycles. The molecule has 54 heavy (non-hydrogen) atoms. The van der Waals surface area contributed by atoms with Crippen molar-refractivity contribution >= 4 is 35.4 Å². The van der Waals surface area contributed by atoms with Gasteiger partial charge in [0.25, 0.3) is 0 Å². The van der Waals surface area contributed by atoms with Gasteiger partial charge in [0.05, 0.1) is 6.10 Å². The Morgan fingerprint density at radius 3 is 2.13 bits per heavy atom. The topological polar surface area (TPSA) is 177 Å². The summed E-state index contributed by atoms with van der Waals surface area (Å²) in [5, 5.41) is 21.3. The number of benzene rings is 1. The van der Waals surface area contributed by atoms with E-state index in [1.165, 1.54) is 36.0 Å². The summed E-state index contributed by atoms with van der Waals surface area (Å²) >= 11 is 0. The van der Waals surface area contributed by atoms with Crippen molar-refractivity contribution in [2.24, 2.45) is 11.8 Å². The van der Waals surface area contributed by atoms with Crippen LogP contribution in [0.4, 0.5) is 0 Å². The number of piperidine rings is 1. The molecule has 0 aromatic heterocycles. The zero-order chi connectivity index (χ0) is 39.4. The first-order valence-corrected chi connectivity index (χ1v) is 20.1. The van der Waals surface area contributed by atoms with Gasteiger partial charge in [-0.2, -0.15) is 0 Å². The van der Waals surface area contributed by atoms with Gasteiger partial charge in [-0.15, -0.1) is 0 Å². The van der Waals surface area contributed by atoms with E-state index in [9.17, 15) is 33.9 Å². The van der Waals surface area contributed by atoms with E-state index in [0.29, 0.717) is 51.1 Å². The number of aliphatic hydroxyl groups is 1. The van der Waals surface area contributed by atoms with Crippen molar-refractivity contribution < 1.29 is 33.9 Å². The summed E-state index contributed by atoms with van der Waals surface area (Å²) in [6.07, 6.45) is 8.50. The Morgan fingerprint density at radius 2 is 1.48 bits per heavy atom. The van der Waals surface area contributed by atoms with Gasteiger partial charge in [0.1, 0.15) is 30.2 Å². The van der Waals surface area contributed by atoms with Crippen LogP contribution in [0.15, 0.2) is 30.3 Å². The third-order valence-corrected chi connectivity index (χ3v) is 11.2. The standard InChI is InChI=1S/C41H62N6O7/c1-6-22-42-39(52)36(28(5)48)45-38(51)33-24-31(30-17-11-8-12-18-30)25-47(33)40(53)27(4)43-37(50)32-19-13-14-23-46(32)41(54)35(26(2)3)44-34(49)21-20-29-15-9-7-10-16-29/h4,8,11-12,17-18,26-29,31-33,35-36,48H,6-7,9-10,13-16,19-25H2,1-3,5H3,(H,42,52)(H,43,50)(H,44,49)(H,45,51)/t27-,28?,31?,32-,33-,35-,36-/m0/s1. The van der Waals surface area contributed by atoms with Crippen molar-refractivity contribution in [2.75, 3.05) is 19.6 Å². The van der Waals surface area contributed by atoms with E-state index in [2.05, 4.69) is 21.3 Å². The van der Waals surface area contributed by atoms with Crippen LogP contribution in [0.25, 0.3) is 0 Å². The molecule has 1 aromatic carbocycles. The number of carbonyl (C=O) groups is 6. The minimum Gasteiger partial charge on any atom is -0.391 e. The summed E-state index contributed by atoms with van der Waals surface area (Å²) in [6.45, 7) is 14.2. The van der Waals surface area contributed by atoms with Crippen LogP contribution in [-0.4, -0.2) is 106 Å². The quantitative estimate of drug-likeness (QED) is 0.173. The van der Waals surface area contributed by atoms with Gasteiger partial charge in [-0.05, 0) is 69.8 Å². The van der Waals surface area contributed by atoms with Crippen molar-refractivity contribution in [3.8, 4) is 0 Å². The molecule has 13 nitrogen and oxygen atoms in total. The second kappa shape index (κ2) is 20.6. The summed E-state index contributed by atoms with van der Waals surface area (Å²) in [5.41, 5.74) is 0.910. The molecular weight excluding hydrogens is 688 g/mol. The number of amides is 6. The summed E-state index contributed by atoms with van der Waals surface area (Å²) in [6, 6.07) is 3.92. The minimum atomic E-state index is -1.53. The fourth-order valence-electron chi connectivity index (χ4n) is 8.01. The van der Waals surface area contributed by atoms with Crippen LogP contribution in [0.1, 0.15) is 116 Å². The van der Waals surface area contributed by atoms with Gasteiger partial charge in [-0.3, -0.25) is 28.8 Å². The molecule has 1 aliphatic carbocycles. The largest absolute Gasteiger partial charge is 0.391 e. The summed E-state index contributed by atoms with van der Waals surface area (Å²) in [7, 11) is 0. The molecule has 5 N–H and O–H groups in total. The van der Waals surface area contributed by atoms with Gasteiger partial charge in [0, 0.05) is 32.0 Å². The lowest BCUT2D eigenvalue weighted by molar-refractivity contribution is -0.147. The van der Waals surface area contributed by atoms with Crippen molar-refractivity contribution in [1.82, 2.24) is 31.1 Å². The molecule has 1 aromatic rings. The molecular formula is C41H62N6O7. The number of carbonyl (C=O) groups excluding carboxylic acids is 6. The first-order valence-electron chi connectivity index (χ1n) is 20.1. The zero-order valence-electron chi connectivity index (χ0n) is 32.6. The Labute approximate surface area is 321 Å². The van der Waals surface area contributed by atoms with Crippen LogP contribution in [0, 0.1) is 18.8 Å². The van der Waals surface area contributed by atoms with Crippen LogP contribution in [0.2, 0.25) is 0 Å². The Balaban J connectivity index is 1.45. The van der Waals surface area contributed by atoms with E-state index in [4.69, 9.17) is 6.92 Å². The van der Waals surface area contributed by atoms with Crippen molar-refractivity contribution in [3.63, 3.8) is 0 Å². The number of hydrogen-bond acceptors (Lipinski definition) is 7. The van der Waals surface area contributed by atoms with Gasteiger partial charge < -0.3 is 36.2 Å². The molecule has 1 saturated carbocycles. The first kappa shape index (κ1) is 42.7. The predicted octanol–water partition coefficient (Wildman–Crippen LogP) is 2.84. The molecule has 0 bridgehead atoms. The monoisotopic (exact) mass is 750 g/mol. The van der Waals surface area contributed by atoms with E-state index in [0.717, 1.165) is 24.8 Å². The first-order chi connectivity index (χ1) is 25.8. The highest BCUT2D eigenvalue weighted by Gasteiger charge is 2.44. The number of aliphatic hydroxyl groups excluding tert-OH is 1. The highest BCUT2D eigenvalue weighted by atomic mass is 16.3. The molecule has 4 rings (SSSR count). The number of nitrogens with one attached hydrogen (secondary N) is 4. The highest BCUT2D eigenvalue weighted by Crippen LogP contribution is 2.33. The third-order valence-electron chi connectivity index (χ3n) is 11.2. The SMILES string of the molecule is [CH][C@H](NC(=O)[C@@H]1CCCCN1C(=O)[C@@H](NC(=O)CCC1CCCCC1)C(C)C)C(=O)N1CC(c2ccccc2)C[C@H]1C(=O)N[C@H](C(=O)NCCC)C(C)O. The fourth-order valence-corrected chi connectivity index (χ4v) is 8.01. The van der Waals surface area contributed by atoms with Gasteiger partial charge in [-0.1, -0.05) is 83.2 Å². The normalized spacial score (nSPS) is 22.8. The van der Waals surface area contributed by atoms with Crippen molar-refractivity contribution in [2.45, 2.75) is 147 Å². The molecule has 2 heterocycles. The van der Waals surface area contributed by atoms with Gasteiger partial charge in [0.2, 0.25) is 35.4 Å². The molecule has 7 atom stereocenters. The fraction of sp³-hybridized carbons (Fsp3) is 0.683. The summed E-state index contributed by atoms with van der Waals surface area (Å²) in [4.78, 5) is 84.2. The maximum atomic E-state index is 14.0. The van der Waals surface area contributed by atoms with Crippen LogP contribution in [-0.2, 0) is 28.8 Å². The lowest BCUT2D eigenvalue weighted by Crippen LogP contribution is -2.61. The lowest BCUT2D eigenvalue weighted by atomic mass is 9.86. The minimum absolute atomic E-state index is 0.135. The molecule has 2 radical (unpaired) electrons. The Bertz CT molecular complexity index is 1430. The average Bonchev–Trinajstić information content (AvgIpc) is 3.63. The van der Waals surface area contributed by atoms with E-state index in [1.54, 1.807) is 0 Å². The van der Waals surface area contributed by atoms with Crippen molar-refractivity contribution in [1.29, 1.82) is 0 Å². The van der Waals surface area contributed by atoms with Gasteiger partial charge >= 0.3 is 0 Å². The number of hydrogen-bond donors (Lipinski definition) is 5. The van der Waals surface area contributed by atoms with Crippen LogP contribution >= 0.6 is 0 Å². The van der Waals surface area contributed by atoms with Crippen LogP contribution in [0.3, 0.4) is 0 Å². The number of rotatable bonds is 16. The van der Waals surface area contributed by atoms with Gasteiger partial charge in [-0.25, -0.2) is 0 Å². The molecule has 298 valence electrons. The van der Waals surface area contributed by atoms with Gasteiger partial charge in [0.15, 0.2) is 0 Å². The lowest BCUT2D eigenvalue weighted by Gasteiger charge is -2.38. The third kappa shape index (κ3) is 11.5. The number of nitrogens with zero attached hydrogens (tertiary/aromatic N) is 2. The second-order valence-corrected chi connectivity index (χ2v) is 15.7. The highest BCUT2D eigenvalue weighted by molar-refractivity contribution is 5.97. The molecule has 2 unspecified atom stereocenters. The molecule has 3 aliphatic rings. The van der Waals surface area contributed by atoms with Crippen LogP contribution < -0.4 is 21.3 Å². The molecule has 13 heteroatoms. The zero-order valence-corrected chi connectivity index (χ0v) is 32.6. The molecule has 3 fully saturated rings. The summed E-state index contributed by atoms with van der Waals surface area (Å²) in [5.74, 6) is -2.86. The summed E-state index contributed by atoms with van der Waals surface area (Å²) < 4.78 is 0. The molecule has 0 spiro atoms. The predicted molar refractivity (Wildman–Crippen MR) is 204 cm³/mol. The average molecular weight is 751 g/mol. The molecule has 2 aliphatic heterocycles. The maximum Gasteiger partial charge on any atom is 0.246 e. The smallest absolute Gasteiger partial charge is 0.246 e. The van der Waals surface area contributed by atoms with E-state index in [1.807, 2.05) is 51.1 Å². The second-order valence-electron chi connectivity index (χ2n) is 15.7. The van der Waals surface area contributed by atoms with Crippen molar-refractivity contribution in [3.05, 3.63) is 42.8 Å². The van der Waals surface area contributed by atoms with E-state index < -0.39 is 59.9 Å². The Hall–Kier alpha value is -4.00. The molecule has 6 amide bonds. The van der Waals surface area contributed by atoms with E-state index in [-0.39, 0.29) is 36.6 Å².